The minimum atomic E-state index is -0.799. The van der Waals surface area contributed by atoms with Crippen LogP contribution in [0.4, 0.5) is 0 Å². The van der Waals surface area contributed by atoms with Crippen molar-refractivity contribution in [3.63, 3.8) is 0 Å². The third-order valence-corrected chi connectivity index (χ3v) is 7.15. The number of rotatable bonds is 5. The fraction of sp³-hybridized carbons (Fsp3) is 0.333. The van der Waals surface area contributed by atoms with Gasteiger partial charge in [0.15, 0.2) is 0 Å². The Hall–Kier alpha value is -3.18. The number of likely N-dealkylation sites (tertiary alicyclic amines) is 2. The number of piperidine rings is 1. The van der Waals surface area contributed by atoms with E-state index in [1.165, 1.54) is 0 Å². The van der Waals surface area contributed by atoms with E-state index in [1.807, 2.05) is 41.3 Å². The van der Waals surface area contributed by atoms with E-state index in [-0.39, 0.29) is 17.9 Å². The van der Waals surface area contributed by atoms with Crippen molar-refractivity contribution in [1.29, 1.82) is 0 Å². The summed E-state index contributed by atoms with van der Waals surface area (Å²) in [5.74, 6) is 0.0382. The third kappa shape index (κ3) is 3.56. The smallest absolute Gasteiger partial charge is 0.246 e. The molecule has 1 atom stereocenters. The number of amides is 2. The molecule has 0 radical (unpaired) electrons. The first kappa shape index (κ1) is 20.7. The van der Waals surface area contributed by atoms with Crippen LogP contribution in [0.5, 0.6) is 0 Å². The van der Waals surface area contributed by atoms with Crippen LogP contribution in [0.3, 0.4) is 0 Å². The van der Waals surface area contributed by atoms with Crippen LogP contribution in [0.15, 0.2) is 72.8 Å². The Morgan fingerprint density at radius 2 is 1.66 bits per heavy atom. The molecule has 1 N–H and O–H groups in total. The number of hydrogen-bond donors (Lipinski definition) is 1. The Labute approximate surface area is 189 Å². The number of benzene rings is 3. The molecular formula is C27H29N3O2. The molecule has 0 spiro atoms. The van der Waals surface area contributed by atoms with Gasteiger partial charge in [0.05, 0.1) is 12.5 Å². The lowest BCUT2D eigenvalue weighted by Gasteiger charge is -2.55. The highest BCUT2D eigenvalue weighted by atomic mass is 16.2. The standard InChI is InChI=1S/C27H29N3O2/c1-29-16-14-27(15-17-29,30-24(18-25(30)31)21-9-3-2-4-10-21)26(32)28-19-22-12-7-11-20-8-5-6-13-23(20)22/h2-13,24H,14-19H2,1H3,(H,28,32). The van der Waals surface area contributed by atoms with Gasteiger partial charge >= 0.3 is 0 Å². The number of nitrogens with one attached hydrogen (secondary N) is 1. The van der Waals surface area contributed by atoms with E-state index < -0.39 is 5.54 Å². The monoisotopic (exact) mass is 427 g/mol. The maximum atomic E-state index is 13.8. The first-order valence-corrected chi connectivity index (χ1v) is 11.4. The lowest BCUT2D eigenvalue weighted by atomic mass is 9.78. The summed E-state index contributed by atoms with van der Waals surface area (Å²) in [4.78, 5) is 30.8. The van der Waals surface area contributed by atoms with Crippen LogP contribution in [0.25, 0.3) is 10.8 Å². The van der Waals surface area contributed by atoms with Crippen molar-refractivity contribution in [2.75, 3.05) is 20.1 Å². The molecule has 164 valence electrons. The van der Waals surface area contributed by atoms with E-state index in [1.54, 1.807) is 0 Å². The predicted octanol–water partition coefficient (Wildman–Crippen LogP) is 3.89. The molecule has 5 nitrogen and oxygen atoms in total. The molecule has 0 saturated carbocycles. The van der Waals surface area contributed by atoms with Crippen molar-refractivity contribution in [2.45, 2.75) is 37.4 Å². The first-order valence-electron chi connectivity index (χ1n) is 11.4. The van der Waals surface area contributed by atoms with E-state index in [9.17, 15) is 9.59 Å². The Bertz CT molecular complexity index is 1130. The van der Waals surface area contributed by atoms with Gasteiger partial charge in [-0.1, -0.05) is 72.8 Å². The molecule has 32 heavy (non-hydrogen) atoms. The van der Waals surface area contributed by atoms with Crippen molar-refractivity contribution >= 4 is 22.6 Å². The molecular weight excluding hydrogens is 398 g/mol. The fourth-order valence-electron chi connectivity index (χ4n) is 5.25. The molecule has 5 heteroatoms. The molecule has 2 fully saturated rings. The molecule has 0 aromatic heterocycles. The minimum Gasteiger partial charge on any atom is -0.350 e. The van der Waals surface area contributed by atoms with Crippen LogP contribution in [0.2, 0.25) is 0 Å². The molecule has 3 aromatic rings. The molecule has 3 aromatic carbocycles. The van der Waals surface area contributed by atoms with Gasteiger partial charge in [-0.15, -0.1) is 0 Å². The van der Waals surface area contributed by atoms with Crippen molar-refractivity contribution in [2.24, 2.45) is 0 Å². The lowest BCUT2D eigenvalue weighted by molar-refractivity contribution is -0.169. The van der Waals surface area contributed by atoms with Crippen LogP contribution in [-0.2, 0) is 16.1 Å². The number of hydrogen-bond acceptors (Lipinski definition) is 3. The highest BCUT2D eigenvalue weighted by Crippen LogP contribution is 2.44. The second-order valence-electron chi connectivity index (χ2n) is 9.05. The topological polar surface area (TPSA) is 52.7 Å². The molecule has 2 aliphatic heterocycles. The summed E-state index contributed by atoms with van der Waals surface area (Å²) in [6.45, 7) is 2.05. The zero-order chi connectivity index (χ0) is 22.1. The van der Waals surface area contributed by atoms with Gasteiger partial charge < -0.3 is 15.1 Å². The van der Waals surface area contributed by atoms with Gasteiger partial charge in [0.25, 0.3) is 0 Å². The third-order valence-electron chi connectivity index (χ3n) is 7.15. The average molecular weight is 428 g/mol. The SMILES string of the molecule is CN1CCC(C(=O)NCc2cccc3ccccc23)(N2C(=O)CC2c2ccccc2)CC1. The Morgan fingerprint density at radius 1 is 0.969 bits per heavy atom. The Kier molecular flexibility index (Phi) is 5.43. The second kappa shape index (κ2) is 8.40. The van der Waals surface area contributed by atoms with E-state index in [2.05, 4.69) is 53.7 Å². The zero-order valence-corrected chi connectivity index (χ0v) is 18.5. The lowest BCUT2D eigenvalue weighted by Crippen LogP contribution is -2.68. The van der Waals surface area contributed by atoms with Crippen LogP contribution >= 0.6 is 0 Å². The summed E-state index contributed by atoms with van der Waals surface area (Å²) in [5, 5.41) is 5.52. The normalized spacial score (nSPS) is 20.7. The van der Waals surface area contributed by atoms with Crippen molar-refractivity contribution < 1.29 is 9.59 Å². The predicted molar refractivity (Wildman–Crippen MR) is 126 cm³/mol. The summed E-state index contributed by atoms with van der Waals surface area (Å²) >= 11 is 0. The van der Waals surface area contributed by atoms with Gasteiger partial charge in [0.1, 0.15) is 5.54 Å². The number of carbonyl (C=O) groups excluding carboxylic acids is 2. The van der Waals surface area contributed by atoms with Gasteiger partial charge in [-0.05, 0) is 41.8 Å². The van der Waals surface area contributed by atoms with Crippen LogP contribution in [-0.4, -0.2) is 47.3 Å². The number of fused-ring (bicyclic) bond motifs is 1. The Balaban J connectivity index is 1.42. The Morgan fingerprint density at radius 3 is 2.41 bits per heavy atom. The summed E-state index contributed by atoms with van der Waals surface area (Å²) in [7, 11) is 2.07. The van der Waals surface area contributed by atoms with E-state index in [0.717, 1.165) is 35.0 Å². The molecule has 2 saturated heterocycles. The van der Waals surface area contributed by atoms with Gasteiger partial charge in [0.2, 0.25) is 11.8 Å². The highest BCUT2D eigenvalue weighted by Gasteiger charge is 2.55. The first-order chi connectivity index (χ1) is 15.6. The van der Waals surface area contributed by atoms with Crippen molar-refractivity contribution in [1.82, 2.24) is 15.1 Å². The molecule has 5 rings (SSSR count). The maximum Gasteiger partial charge on any atom is 0.246 e. The van der Waals surface area contributed by atoms with E-state index in [4.69, 9.17) is 0 Å². The summed E-state index contributed by atoms with van der Waals surface area (Å²) < 4.78 is 0. The minimum absolute atomic E-state index is 0.0320. The maximum absolute atomic E-state index is 13.8. The average Bonchev–Trinajstić information content (AvgIpc) is 2.83. The van der Waals surface area contributed by atoms with Crippen molar-refractivity contribution in [3.8, 4) is 0 Å². The van der Waals surface area contributed by atoms with Crippen LogP contribution in [0.1, 0.15) is 36.4 Å². The molecule has 2 heterocycles. The van der Waals surface area contributed by atoms with E-state index in [0.29, 0.717) is 25.8 Å². The van der Waals surface area contributed by atoms with Crippen LogP contribution < -0.4 is 5.32 Å². The highest BCUT2D eigenvalue weighted by molar-refractivity contribution is 5.95. The van der Waals surface area contributed by atoms with Crippen LogP contribution in [0, 0.1) is 0 Å². The van der Waals surface area contributed by atoms with Gasteiger partial charge in [-0.2, -0.15) is 0 Å². The van der Waals surface area contributed by atoms with E-state index >= 15 is 0 Å². The van der Waals surface area contributed by atoms with Gasteiger partial charge in [-0.3, -0.25) is 9.59 Å². The largest absolute Gasteiger partial charge is 0.350 e. The quantitative estimate of drug-likeness (QED) is 0.629. The summed E-state index contributed by atoms with van der Waals surface area (Å²) in [5.41, 5.74) is 1.40. The molecule has 2 amide bonds. The zero-order valence-electron chi connectivity index (χ0n) is 18.5. The number of β-lactam (4-membered cyclic amide) rings is 1. The molecule has 1 unspecified atom stereocenters. The summed E-state index contributed by atoms with van der Waals surface area (Å²) in [6, 6.07) is 24.5. The molecule has 2 aliphatic rings. The fourth-order valence-corrected chi connectivity index (χ4v) is 5.25. The number of carbonyl (C=O) groups is 2. The van der Waals surface area contributed by atoms with Gasteiger partial charge in [-0.25, -0.2) is 0 Å². The number of nitrogens with zero attached hydrogens (tertiary/aromatic N) is 2. The second-order valence-corrected chi connectivity index (χ2v) is 9.05. The van der Waals surface area contributed by atoms with Crippen molar-refractivity contribution in [3.05, 3.63) is 83.9 Å². The molecule has 0 aliphatic carbocycles. The summed E-state index contributed by atoms with van der Waals surface area (Å²) in [6.07, 6.45) is 1.78. The van der Waals surface area contributed by atoms with Gasteiger partial charge in [0, 0.05) is 19.6 Å². The molecule has 0 bridgehead atoms.